The zero-order valence-electron chi connectivity index (χ0n) is 15.9. The number of aromatic nitrogens is 4. The van der Waals surface area contributed by atoms with E-state index in [4.69, 9.17) is 4.98 Å². The van der Waals surface area contributed by atoms with Gasteiger partial charge in [0.2, 0.25) is 0 Å². The van der Waals surface area contributed by atoms with E-state index >= 15 is 0 Å². The van der Waals surface area contributed by atoms with Gasteiger partial charge in [-0.3, -0.25) is 0 Å². The van der Waals surface area contributed by atoms with Gasteiger partial charge < -0.3 is 5.32 Å². The normalized spacial score (nSPS) is 13.6. The SMILES string of the molecule is Cc1cc(C)n(-c2ccc(-c3ccccc3-c3csc(NC4CC4)n3)cn2)n1. The molecule has 0 atom stereocenters. The van der Waals surface area contributed by atoms with Crippen molar-refractivity contribution in [2.24, 2.45) is 0 Å². The average molecular weight is 388 g/mol. The molecule has 1 aliphatic carbocycles. The van der Waals surface area contributed by atoms with Crippen LogP contribution in [0, 0.1) is 13.8 Å². The summed E-state index contributed by atoms with van der Waals surface area (Å²) < 4.78 is 1.88. The van der Waals surface area contributed by atoms with Gasteiger partial charge in [0.25, 0.3) is 0 Å². The Hall–Kier alpha value is -2.99. The van der Waals surface area contributed by atoms with Gasteiger partial charge in [-0.1, -0.05) is 24.3 Å². The number of aryl methyl sites for hydroxylation is 2. The Morgan fingerprint density at radius 2 is 1.89 bits per heavy atom. The van der Waals surface area contributed by atoms with Crippen LogP contribution in [0.1, 0.15) is 24.2 Å². The number of nitrogens with zero attached hydrogens (tertiary/aromatic N) is 4. The maximum absolute atomic E-state index is 4.80. The fourth-order valence-corrected chi connectivity index (χ4v) is 4.14. The Morgan fingerprint density at radius 1 is 1.07 bits per heavy atom. The summed E-state index contributed by atoms with van der Waals surface area (Å²) in [5.41, 5.74) is 6.42. The summed E-state index contributed by atoms with van der Waals surface area (Å²) in [5.74, 6) is 0.830. The van der Waals surface area contributed by atoms with Crippen LogP contribution in [0.4, 0.5) is 5.13 Å². The number of pyridine rings is 1. The van der Waals surface area contributed by atoms with E-state index in [9.17, 15) is 0 Å². The highest BCUT2D eigenvalue weighted by Crippen LogP contribution is 2.35. The van der Waals surface area contributed by atoms with Crippen LogP contribution >= 0.6 is 11.3 Å². The molecule has 0 saturated heterocycles. The summed E-state index contributed by atoms with van der Waals surface area (Å²) in [4.78, 5) is 9.46. The maximum Gasteiger partial charge on any atom is 0.183 e. The molecule has 1 fully saturated rings. The number of anilines is 1. The van der Waals surface area contributed by atoms with Gasteiger partial charge in [-0.2, -0.15) is 5.10 Å². The molecule has 0 unspecified atom stereocenters. The highest BCUT2D eigenvalue weighted by Gasteiger charge is 2.22. The molecule has 4 aromatic rings. The van der Waals surface area contributed by atoms with Crippen molar-refractivity contribution >= 4 is 16.5 Å². The fourth-order valence-electron chi connectivity index (χ4n) is 3.36. The molecule has 1 aliphatic rings. The molecule has 3 heterocycles. The first kappa shape index (κ1) is 17.1. The van der Waals surface area contributed by atoms with Gasteiger partial charge in [0.15, 0.2) is 10.9 Å². The van der Waals surface area contributed by atoms with Gasteiger partial charge in [-0.15, -0.1) is 11.3 Å². The van der Waals surface area contributed by atoms with Gasteiger partial charge in [0, 0.05) is 34.4 Å². The Kier molecular flexibility index (Phi) is 4.20. The van der Waals surface area contributed by atoms with E-state index in [1.165, 1.54) is 12.8 Å². The summed E-state index contributed by atoms with van der Waals surface area (Å²) in [7, 11) is 0. The Bertz CT molecular complexity index is 1120. The third-order valence-corrected chi connectivity index (χ3v) is 5.67. The maximum atomic E-state index is 4.80. The predicted molar refractivity (Wildman–Crippen MR) is 114 cm³/mol. The number of benzene rings is 1. The molecule has 0 spiro atoms. The van der Waals surface area contributed by atoms with Crippen LogP contribution in [0.2, 0.25) is 0 Å². The zero-order valence-corrected chi connectivity index (χ0v) is 16.7. The van der Waals surface area contributed by atoms with Gasteiger partial charge in [0.05, 0.1) is 11.4 Å². The molecule has 1 saturated carbocycles. The molecule has 0 aliphatic heterocycles. The van der Waals surface area contributed by atoms with Gasteiger partial charge >= 0.3 is 0 Å². The summed E-state index contributed by atoms with van der Waals surface area (Å²) in [6.45, 7) is 4.04. The summed E-state index contributed by atoms with van der Waals surface area (Å²) in [5, 5.41) is 11.1. The number of nitrogens with one attached hydrogen (secondary N) is 1. The van der Waals surface area contributed by atoms with Crippen molar-refractivity contribution in [3.05, 3.63) is 65.4 Å². The molecule has 28 heavy (non-hydrogen) atoms. The molecule has 0 bridgehead atoms. The lowest BCUT2D eigenvalue weighted by atomic mass is 9.99. The zero-order chi connectivity index (χ0) is 19.1. The minimum absolute atomic E-state index is 0.611. The highest BCUT2D eigenvalue weighted by atomic mass is 32.1. The lowest BCUT2D eigenvalue weighted by Crippen LogP contribution is -2.01. The van der Waals surface area contributed by atoms with Crippen LogP contribution in [0.5, 0.6) is 0 Å². The second-order valence-corrected chi connectivity index (χ2v) is 8.10. The molecule has 140 valence electrons. The lowest BCUT2D eigenvalue weighted by Gasteiger charge is -2.09. The van der Waals surface area contributed by atoms with Crippen molar-refractivity contribution in [3.8, 4) is 28.2 Å². The van der Waals surface area contributed by atoms with Crippen LogP contribution < -0.4 is 5.32 Å². The monoisotopic (exact) mass is 387 g/mol. The number of rotatable bonds is 5. The first-order valence-corrected chi connectivity index (χ1v) is 10.4. The van der Waals surface area contributed by atoms with Gasteiger partial charge in [-0.05, 0) is 50.5 Å². The van der Waals surface area contributed by atoms with Crippen molar-refractivity contribution in [1.29, 1.82) is 0 Å². The standard InChI is InChI=1S/C22H21N5S/c1-14-11-15(2)27(26-14)21-10-7-16(12-23-21)18-5-3-4-6-19(18)20-13-28-22(25-20)24-17-8-9-17/h3-7,10-13,17H,8-9H2,1-2H3,(H,24,25). The largest absolute Gasteiger partial charge is 0.359 e. The van der Waals surface area contributed by atoms with E-state index < -0.39 is 0 Å². The minimum Gasteiger partial charge on any atom is -0.359 e. The second-order valence-electron chi connectivity index (χ2n) is 7.25. The molecule has 5 nitrogen and oxygen atoms in total. The molecule has 0 amide bonds. The minimum atomic E-state index is 0.611. The van der Waals surface area contributed by atoms with E-state index in [-0.39, 0.29) is 0 Å². The third kappa shape index (κ3) is 3.31. The van der Waals surface area contributed by atoms with Crippen molar-refractivity contribution in [2.75, 3.05) is 5.32 Å². The van der Waals surface area contributed by atoms with Crippen LogP contribution in [0.25, 0.3) is 28.2 Å². The lowest BCUT2D eigenvalue weighted by molar-refractivity contribution is 0.806. The Labute approximate surface area is 168 Å². The predicted octanol–water partition coefficient (Wildman–Crippen LogP) is 5.25. The molecule has 5 rings (SSSR count). The van der Waals surface area contributed by atoms with Crippen molar-refractivity contribution < 1.29 is 0 Å². The molecule has 1 aromatic carbocycles. The van der Waals surface area contributed by atoms with Gasteiger partial charge in [0.1, 0.15) is 0 Å². The summed E-state index contributed by atoms with van der Waals surface area (Å²) in [6.07, 6.45) is 4.41. The third-order valence-electron chi connectivity index (χ3n) is 4.90. The summed E-state index contributed by atoms with van der Waals surface area (Å²) >= 11 is 1.67. The van der Waals surface area contributed by atoms with E-state index in [0.717, 1.165) is 44.7 Å². The van der Waals surface area contributed by atoms with Crippen molar-refractivity contribution in [2.45, 2.75) is 32.7 Å². The molecule has 3 aromatic heterocycles. The van der Waals surface area contributed by atoms with E-state index in [1.807, 2.05) is 30.8 Å². The second kappa shape index (κ2) is 6.87. The molecular weight excluding hydrogens is 366 g/mol. The average Bonchev–Trinajstić information content (AvgIpc) is 3.29. The van der Waals surface area contributed by atoms with E-state index in [2.05, 4.69) is 57.2 Å². The number of hydrogen-bond donors (Lipinski definition) is 1. The van der Waals surface area contributed by atoms with Crippen LogP contribution in [0.15, 0.2) is 54.0 Å². The van der Waals surface area contributed by atoms with Crippen LogP contribution in [-0.4, -0.2) is 25.8 Å². The van der Waals surface area contributed by atoms with E-state index in [1.54, 1.807) is 11.3 Å². The van der Waals surface area contributed by atoms with E-state index in [0.29, 0.717) is 6.04 Å². The number of hydrogen-bond acceptors (Lipinski definition) is 5. The molecule has 0 radical (unpaired) electrons. The number of thiazole rings is 1. The first-order chi connectivity index (χ1) is 13.7. The smallest absolute Gasteiger partial charge is 0.183 e. The van der Waals surface area contributed by atoms with Crippen molar-refractivity contribution in [1.82, 2.24) is 19.7 Å². The Balaban J connectivity index is 1.48. The van der Waals surface area contributed by atoms with Crippen LogP contribution in [0.3, 0.4) is 0 Å². The quantitative estimate of drug-likeness (QED) is 0.508. The van der Waals surface area contributed by atoms with Gasteiger partial charge in [-0.25, -0.2) is 14.6 Å². The first-order valence-electron chi connectivity index (χ1n) is 9.49. The molecular formula is C22H21N5S. The fraction of sp³-hybridized carbons (Fsp3) is 0.227. The molecule has 6 heteroatoms. The highest BCUT2D eigenvalue weighted by molar-refractivity contribution is 7.14. The van der Waals surface area contributed by atoms with Crippen molar-refractivity contribution in [3.63, 3.8) is 0 Å². The Morgan fingerprint density at radius 3 is 2.57 bits per heavy atom. The molecule has 1 N–H and O–H groups in total. The summed E-state index contributed by atoms with van der Waals surface area (Å²) in [6, 6.07) is 15.2. The van der Waals surface area contributed by atoms with Crippen LogP contribution in [-0.2, 0) is 0 Å². The topological polar surface area (TPSA) is 55.6 Å².